The average molecular weight is 317 g/mol. The molecule has 108 valence electrons. The van der Waals surface area contributed by atoms with Gasteiger partial charge in [-0.3, -0.25) is 13.8 Å². The smallest absolute Gasteiger partial charge is 0.626 e. The van der Waals surface area contributed by atoms with E-state index in [1.54, 1.807) is 0 Å². The van der Waals surface area contributed by atoms with E-state index in [-0.39, 0.29) is 0 Å². The molecule has 2 unspecified atom stereocenters. The van der Waals surface area contributed by atoms with Gasteiger partial charge >= 0.3 is 26.1 Å². The van der Waals surface area contributed by atoms with Gasteiger partial charge in [0.05, 0.1) is 24.1 Å². The summed E-state index contributed by atoms with van der Waals surface area (Å²) in [6.45, 7) is 0. The lowest BCUT2D eigenvalue weighted by Crippen LogP contribution is -2.54. The van der Waals surface area contributed by atoms with E-state index in [2.05, 4.69) is 0 Å². The molecular weight excluding hydrogens is 309 g/mol. The maximum absolute atomic E-state index is 11.1. The van der Waals surface area contributed by atoms with E-state index in [4.69, 9.17) is 20.2 Å². The molecule has 4 N–H and O–H groups in total. The van der Waals surface area contributed by atoms with Crippen molar-refractivity contribution in [1.29, 1.82) is 0 Å². The van der Waals surface area contributed by atoms with Gasteiger partial charge in [-0.2, -0.15) is 0 Å². The molecule has 0 aliphatic rings. The topological polar surface area (TPSA) is 193 Å². The van der Waals surface area contributed by atoms with E-state index in [9.17, 15) is 27.7 Å². The zero-order valence-electron chi connectivity index (χ0n) is 8.96. The van der Waals surface area contributed by atoms with E-state index in [1.807, 2.05) is 0 Å². The molecule has 0 aliphatic carbocycles. The Kier molecular flexibility index (Phi) is 6.12. The van der Waals surface area contributed by atoms with Crippen LogP contribution in [-0.2, 0) is 30.2 Å². The standard InChI is InChI=1S/C6H8NO10PS/c8-3(9)1-6(5(12)13,2-4(10)11)7(18(14)15)19(16)17/h1-2H2,(H4-,8,9,10,11,12,13,14,15,16,17). The molecule has 2 atom stereocenters. The van der Waals surface area contributed by atoms with E-state index in [0.717, 1.165) is 0 Å². The molecule has 13 heteroatoms. The Morgan fingerprint density at radius 2 is 1.53 bits per heavy atom. The number of nitrogens with zero attached hydrogens (tertiary/aromatic N) is 1. The third kappa shape index (κ3) is 4.29. The fourth-order valence-electron chi connectivity index (χ4n) is 1.29. The third-order valence-electron chi connectivity index (χ3n) is 1.95. The van der Waals surface area contributed by atoms with Crippen molar-refractivity contribution >= 4 is 37.4 Å². The molecule has 11 nitrogen and oxygen atoms in total. The molecule has 0 radical (unpaired) electrons. The summed E-state index contributed by atoms with van der Waals surface area (Å²) in [5, 5.41) is 26.0. The maximum atomic E-state index is 11.1. The third-order valence-corrected chi connectivity index (χ3v) is 4.09. The highest BCUT2D eigenvalue weighted by Crippen LogP contribution is 2.38. The lowest BCUT2D eigenvalue weighted by molar-refractivity contribution is -0.157. The van der Waals surface area contributed by atoms with Gasteiger partial charge in [0.2, 0.25) is 0 Å². The van der Waals surface area contributed by atoms with Gasteiger partial charge in [0.1, 0.15) is 0 Å². The second kappa shape index (κ2) is 6.63. The number of carboxylic acids is 3. The van der Waals surface area contributed by atoms with Crippen LogP contribution in [0.1, 0.15) is 12.8 Å². The predicted octanol–water partition coefficient (Wildman–Crippen LogP) is -1.50. The van der Waals surface area contributed by atoms with Crippen LogP contribution in [0.25, 0.3) is 0 Å². The van der Waals surface area contributed by atoms with Crippen LogP contribution in [0.3, 0.4) is 0 Å². The van der Waals surface area contributed by atoms with Crippen molar-refractivity contribution in [3.8, 4) is 0 Å². The number of hydrogen-bond acceptors (Lipinski definition) is 6. The highest BCUT2D eigenvalue weighted by molar-refractivity contribution is 7.81. The van der Waals surface area contributed by atoms with Crippen LogP contribution < -0.4 is 0 Å². The van der Waals surface area contributed by atoms with Crippen LogP contribution in [0, 0.1) is 0 Å². The molecule has 0 aliphatic heterocycles. The Hall–Kier alpha value is -1.46. The Balaban J connectivity index is 5.99. The lowest BCUT2D eigenvalue weighted by atomic mass is 9.92. The Bertz CT molecular complexity index is 419. The van der Waals surface area contributed by atoms with E-state index >= 15 is 0 Å². The molecule has 0 heterocycles. The minimum Gasteiger partial charge on any atom is -0.757 e. The summed E-state index contributed by atoms with van der Waals surface area (Å²) in [4.78, 5) is 41.0. The largest absolute Gasteiger partial charge is 0.757 e. The summed E-state index contributed by atoms with van der Waals surface area (Å²) in [5.41, 5.74) is -3.09. The summed E-state index contributed by atoms with van der Waals surface area (Å²) < 4.78 is 31.9. The quantitative estimate of drug-likeness (QED) is 0.302. The van der Waals surface area contributed by atoms with Crippen LogP contribution in [0.2, 0.25) is 0 Å². The van der Waals surface area contributed by atoms with Crippen molar-refractivity contribution < 1.29 is 47.9 Å². The van der Waals surface area contributed by atoms with Crippen molar-refractivity contribution in [2.75, 3.05) is 0 Å². The first-order valence-electron chi connectivity index (χ1n) is 4.27. The molecule has 0 bridgehead atoms. The van der Waals surface area contributed by atoms with Crippen molar-refractivity contribution in [2.45, 2.75) is 18.4 Å². The number of carbonyl (C=O) groups is 3. The number of rotatable bonds is 8. The number of aliphatic carboxylic acids is 3. The van der Waals surface area contributed by atoms with Gasteiger partial charge in [-0.1, -0.05) is 0 Å². The van der Waals surface area contributed by atoms with Crippen LogP contribution in [-0.4, -0.2) is 56.5 Å². The van der Waals surface area contributed by atoms with E-state index < -0.39 is 59.8 Å². The SMILES string of the molecule is O=C(O)CC(CC(=O)O)(C(=O)O)N([P+](=O)O)S(=O)[O-]. The summed E-state index contributed by atoms with van der Waals surface area (Å²) >= 11 is -3.61. The van der Waals surface area contributed by atoms with Crippen molar-refractivity contribution in [3.63, 3.8) is 0 Å². The van der Waals surface area contributed by atoms with E-state index in [1.165, 1.54) is 0 Å². The molecule has 0 fully saturated rings. The second-order valence-electron chi connectivity index (χ2n) is 3.22. The average Bonchev–Trinajstić information content (AvgIpc) is 2.12. The zero-order valence-corrected chi connectivity index (χ0v) is 10.7. The van der Waals surface area contributed by atoms with Gasteiger partial charge in [0.25, 0.3) is 0 Å². The number of hydrogen-bond donors (Lipinski definition) is 4. The first-order valence-corrected chi connectivity index (χ1v) is 6.47. The molecular formula is C6H8NO10PS. The maximum Gasteiger partial charge on any atom is 0.626 e. The molecule has 0 spiro atoms. The van der Waals surface area contributed by atoms with Crippen LogP contribution in [0.15, 0.2) is 0 Å². The normalized spacial score (nSPS) is 13.9. The minimum absolute atomic E-state index is 0.590. The fourth-order valence-corrected chi connectivity index (χ4v) is 2.80. The van der Waals surface area contributed by atoms with Crippen LogP contribution in [0.4, 0.5) is 0 Å². The van der Waals surface area contributed by atoms with Gasteiger partial charge in [-0.15, -0.1) is 4.89 Å². The lowest BCUT2D eigenvalue weighted by Gasteiger charge is -2.29. The Labute approximate surface area is 108 Å². The summed E-state index contributed by atoms with van der Waals surface area (Å²) in [6, 6.07) is 0. The van der Waals surface area contributed by atoms with E-state index in [0.29, 0.717) is 0 Å². The Morgan fingerprint density at radius 1 is 1.16 bits per heavy atom. The van der Waals surface area contributed by atoms with Crippen molar-refractivity contribution in [3.05, 3.63) is 0 Å². The Morgan fingerprint density at radius 3 is 1.68 bits per heavy atom. The molecule has 0 saturated carbocycles. The molecule has 0 rings (SSSR count). The molecule has 0 aromatic carbocycles. The second-order valence-corrected chi connectivity index (χ2v) is 5.20. The number of carboxylic acid groups (broad SMARTS) is 3. The van der Waals surface area contributed by atoms with Gasteiger partial charge in [-0.25, -0.2) is 4.79 Å². The predicted molar refractivity (Wildman–Crippen MR) is 55.5 cm³/mol. The monoisotopic (exact) mass is 317 g/mol. The summed E-state index contributed by atoms with van der Waals surface area (Å²) in [7, 11) is -3.82. The van der Waals surface area contributed by atoms with Gasteiger partial charge < -0.3 is 19.9 Å². The van der Waals surface area contributed by atoms with Crippen LogP contribution in [0.5, 0.6) is 0 Å². The summed E-state index contributed by atoms with van der Waals surface area (Å²) in [6.07, 6.45) is -2.99. The van der Waals surface area contributed by atoms with Gasteiger partial charge in [0.15, 0.2) is 5.54 Å². The molecule has 19 heavy (non-hydrogen) atoms. The van der Waals surface area contributed by atoms with Crippen molar-refractivity contribution in [1.82, 2.24) is 4.08 Å². The minimum atomic E-state index is -3.82. The molecule has 0 saturated heterocycles. The first kappa shape index (κ1) is 17.5. The van der Waals surface area contributed by atoms with Gasteiger partial charge in [0, 0.05) is 4.08 Å². The summed E-state index contributed by atoms with van der Waals surface area (Å²) in [5.74, 6) is -5.87. The van der Waals surface area contributed by atoms with Crippen molar-refractivity contribution in [2.24, 2.45) is 0 Å². The molecule has 0 amide bonds. The fraction of sp³-hybridized carbons (Fsp3) is 0.500. The molecule has 0 aromatic heterocycles. The van der Waals surface area contributed by atoms with Gasteiger partial charge in [-0.05, 0) is 4.57 Å². The highest BCUT2D eigenvalue weighted by Gasteiger charge is 2.58. The van der Waals surface area contributed by atoms with Crippen LogP contribution >= 0.6 is 8.18 Å². The first-order chi connectivity index (χ1) is 8.54. The zero-order chi connectivity index (χ0) is 15.4. The molecule has 0 aromatic rings. The highest BCUT2D eigenvalue weighted by atomic mass is 32.2.